The van der Waals surface area contributed by atoms with Gasteiger partial charge in [0.1, 0.15) is 30.0 Å². The van der Waals surface area contributed by atoms with Crippen LogP contribution in [0, 0.1) is 6.92 Å². The van der Waals surface area contributed by atoms with Crippen LogP contribution in [0.5, 0.6) is 5.75 Å². The van der Waals surface area contributed by atoms with Crippen molar-refractivity contribution in [3.8, 4) is 17.1 Å². The predicted octanol–water partition coefficient (Wildman–Crippen LogP) is 5.42. The van der Waals surface area contributed by atoms with E-state index in [2.05, 4.69) is 25.2 Å². The number of amides is 2. The summed E-state index contributed by atoms with van der Waals surface area (Å²) < 4.78 is 57.3. The first kappa shape index (κ1) is 28.2. The number of nitrogens with zero attached hydrogens (tertiary/aromatic N) is 5. The molecule has 13 heteroatoms. The SMILES string of the molecule is Cc1nc(-c2cccc(C(F)(F)F)c2)nc2c1N1CCCC(C1)N2C(=O)Nc1ccc(OC[C@H]2COC(C)(C)O2)cn1. The fraction of sp³-hybridized carbons (Fsp3) is 0.448. The molecule has 3 aliphatic rings. The van der Waals surface area contributed by atoms with Crippen molar-refractivity contribution in [1.29, 1.82) is 0 Å². The van der Waals surface area contributed by atoms with Crippen molar-refractivity contribution in [2.75, 3.05) is 41.4 Å². The van der Waals surface area contributed by atoms with Crippen molar-refractivity contribution in [3.05, 3.63) is 53.9 Å². The highest BCUT2D eigenvalue weighted by Gasteiger charge is 2.40. The summed E-state index contributed by atoms with van der Waals surface area (Å²) in [6.45, 7) is 7.60. The molecule has 2 aromatic heterocycles. The standard InChI is InChI=1S/C29H31F3N6O4/c1-17-24-26(36-25(34-17)18-6-4-7-19(12-18)29(30,31)32)38(20-8-5-11-37(24)14-20)27(39)35-23-10-9-21(13-33-23)40-15-22-16-41-28(2,3)42-22/h4,6-7,9-10,12-13,20,22H,5,8,11,14-16H2,1-3H3,(H,33,35,39)/t20?,22-/m0/s1. The number of carbonyl (C=O) groups is 1. The molecule has 10 nitrogen and oxygen atoms in total. The number of carbonyl (C=O) groups excluding carboxylic acids is 1. The van der Waals surface area contributed by atoms with E-state index in [1.54, 1.807) is 24.0 Å². The Morgan fingerprint density at radius 2 is 2.05 bits per heavy atom. The molecule has 2 atom stereocenters. The highest BCUT2D eigenvalue weighted by atomic mass is 19.4. The minimum atomic E-state index is -4.50. The minimum Gasteiger partial charge on any atom is -0.489 e. The Balaban J connectivity index is 1.23. The second-order valence-corrected chi connectivity index (χ2v) is 11.1. The van der Waals surface area contributed by atoms with Gasteiger partial charge in [0.05, 0.1) is 30.1 Å². The lowest BCUT2D eigenvalue weighted by molar-refractivity contribution is -0.141. The van der Waals surface area contributed by atoms with Crippen LogP contribution in [-0.2, 0) is 15.7 Å². The van der Waals surface area contributed by atoms with E-state index in [4.69, 9.17) is 14.2 Å². The number of aromatic nitrogens is 3. The van der Waals surface area contributed by atoms with Gasteiger partial charge < -0.3 is 19.1 Å². The van der Waals surface area contributed by atoms with E-state index in [-0.39, 0.29) is 23.5 Å². The van der Waals surface area contributed by atoms with Crippen LogP contribution in [0.15, 0.2) is 42.6 Å². The van der Waals surface area contributed by atoms with Crippen molar-refractivity contribution >= 4 is 23.4 Å². The molecule has 2 amide bonds. The number of anilines is 3. The number of fused-ring (bicyclic) bond motifs is 4. The van der Waals surface area contributed by atoms with Gasteiger partial charge in [0.2, 0.25) is 0 Å². The van der Waals surface area contributed by atoms with E-state index in [0.29, 0.717) is 48.5 Å². The number of aryl methyl sites for hydroxylation is 1. The van der Waals surface area contributed by atoms with Gasteiger partial charge in [0.15, 0.2) is 17.4 Å². The molecule has 2 fully saturated rings. The lowest BCUT2D eigenvalue weighted by atomic mass is 9.99. The second kappa shape index (κ2) is 10.7. The molecule has 6 rings (SSSR count). The summed E-state index contributed by atoms with van der Waals surface area (Å²) in [5.74, 6) is 0.681. The molecule has 2 saturated heterocycles. The Labute approximate surface area is 240 Å². The van der Waals surface area contributed by atoms with E-state index in [1.165, 1.54) is 18.3 Å². The molecule has 222 valence electrons. The molecular weight excluding hydrogens is 553 g/mol. The highest BCUT2D eigenvalue weighted by Crippen LogP contribution is 2.41. The highest BCUT2D eigenvalue weighted by molar-refractivity contribution is 6.04. The summed E-state index contributed by atoms with van der Waals surface area (Å²) in [6, 6.07) is 7.63. The molecule has 1 unspecified atom stereocenters. The molecule has 2 bridgehead atoms. The average molecular weight is 585 g/mol. The van der Waals surface area contributed by atoms with Crippen LogP contribution >= 0.6 is 0 Å². The number of rotatable bonds is 5. The third kappa shape index (κ3) is 5.71. The zero-order chi connectivity index (χ0) is 29.6. The molecule has 5 heterocycles. The quantitative estimate of drug-likeness (QED) is 0.425. The van der Waals surface area contributed by atoms with Gasteiger partial charge >= 0.3 is 12.2 Å². The smallest absolute Gasteiger partial charge is 0.416 e. The second-order valence-electron chi connectivity index (χ2n) is 11.1. The number of piperidine rings is 1. The Hall–Kier alpha value is -3.97. The minimum absolute atomic E-state index is 0.121. The third-order valence-corrected chi connectivity index (χ3v) is 7.49. The molecule has 0 saturated carbocycles. The fourth-order valence-corrected chi connectivity index (χ4v) is 5.60. The first-order chi connectivity index (χ1) is 20.0. The van der Waals surface area contributed by atoms with E-state index < -0.39 is 23.6 Å². The molecule has 3 aromatic rings. The van der Waals surface area contributed by atoms with Gasteiger partial charge in [-0.15, -0.1) is 0 Å². The van der Waals surface area contributed by atoms with Crippen molar-refractivity contribution in [1.82, 2.24) is 15.0 Å². The molecule has 1 aromatic carbocycles. The lowest BCUT2D eigenvalue weighted by Crippen LogP contribution is -2.56. The number of benzene rings is 1. The van der Waals surface area contributed by atoms with E-state index in [1.807, 2.05) is 13.8 Å². The number of ether oxygens (including phenoxy) is 3. The van der Waals surface area contributed by atoms with Gasteiger partial charge in [-0.25, -0.2) is 19.7 Å². The number of pyridine rings is 1. The first-order valence-corrected chi connectivity index (χ1v) is 13.8. The van der Waals surface area contributed by atoms with Gasteiger partial charge in [-0.2, -0.15) is 13.2 Å². The number of hydrogen-bond acceptors (Lipinski definition) is 8. The number of nitrogens with one attached hydrogen (secondary N) is 1. The topological polar surface area (TPSA) is 102 Å². The predicted molar refractivity (Wildman–Crippen MR) is 149 cm³/mol. The van der Waals surface area contributed by atoms with Crippen molar-refractivity contribution in [3.63, 3.8) is 0 Å². The molecule has 3 aliphatic heterocycles. The maximum Gasteiger partial charge on any atom is 0.416 e. The molecule has 1 N–H and O–H groups in total. The zero-order valence-electron chi connectivity index (χ0n) is 23.4. The molecule has 42 heavy (non-hydrogen) atoms. The maximum absolute atomic E-state index is 13.7. The number of urea groups is 1. The first-order valence-electron chi connectivity index (χ1n) is 13.8. The van der Waals surface area contributed by atoms with Crippen LogP contribution < -0.4 is 19.9 Å². The van der Waals surface area contributed by atoms with E-state index in [0.717, 1.165) is 31.5 Å². The van der Waals surface area contributed by atoms with E-state index >= 15 is 0 Å². The Bertz CT molecular complexity index is 1480. The number of halogens is 3. The van der Waals surface area contributed by atoms with Crippen molar-refractivity contribution in [2.24, 2.45) is 0 Å². The van der Waals surface area contributed by atoms with Crippen LogP contribution in [-0.4, -0.2) is 65.2 Å². The van der Waals surface area contributed by atoms with Crippen LogP contribution in [0.4, 0.5) is 35.3 Å². The maximum atomic E-state index is 13.7. The average Bonchev–Trinajstić information content (AvgIpc) is 3.30. The molecular formula is C29H31F3N6O4. The normalized spacial score (nSPS) is 21.2. The third-order valence-electron chi connectivity index (χ3n) is 7.49. The number of alkyl halides is 3. The largest absolute Gasteiger partial charge is 0.489 e. The Morgan fingerprint density at radius 3 is 2.76 bits per heavy atom. The monoisotopic (exact) mass is 584 g/mol. The van der Waals surface area contributed by atoms with Crippen molar-refractivity contribution < 1.29 is 32.2 Å². The van der Waals surface area contributed by atoms with Gasteiger partial charge in [-0.05, 0) is 57.9 Å². The summed E-state index contributed by atoms with van der Waals surface area (Å²) in [5, 5.41) is 2.85. The van der Waals surface area contributed by atoms with Gasteiger partial charge in [0, 0.05) is 18.7 Å². The summed E-state index contributed by atoms with van der Waals surface area (Å²) in [6.07, 6.45) is -1.55. The fourth-order valence-electron chi connectivity index (χ4n) is 5.60. The lowest BCUT2D eigenvalue weighted by Gasteiger charge is -2.46. The van der Waals surface area contributed by atoms with Gasteiger partial charge in [0.25, 0.3) is 0 Å². The van der Waals surface area contributed by atoms with Gasteiger partial charge in [-0.1, -0.05) is 12.1 Å². The van der Waals surface area contributed by atoms with Crippen LogP contribution in [0.1, 0.15) is 37.9 Å². The summed E-state index contributed by atoms with van der Waals surface area (Å²) in [5.41, 5.74) is 0.720. The summed E-state index contributed by atoms with van der Waals surface area (Å²) in [4.78, 5) is 31.0. The van der Waals surface area contributed by atoms with Crippen molar-refractivity contribution in [2.45, 2.75) is 57.7 Å². The van der Waals surface area contributed by atoms with Gasteiger partial charge in [-0.3, -0.25) is 10.2 Å². The Kier molecular flexibility index (Phi) is 7.17. The molecule has 0 spiro atoms. The number of hydrogen-bond donors (Lipinski definition) is 1. The molecule has 0 aliphatic carbocycles. The van der Waals surface area contributed by atoms with E-state index in [9.17, 15) is 18.0 Å². The zero-order valence-corrected chi connectivity index (χ0v) is 23.4. The summed E-state index contributed by atoms with van der Waals surface area (Å²) in [7, 11) is 0. The van der Waals surface area contributed by atoms with Crippen LogP contribution in [0.2, 0.25) is 0 Å². The molecule has 0 radical (unpaired) electrons. The summed E-state index contributed by atoms with van der Waals surface area (Å²) >= 11 is 0. The van der Waals surface area contributed by atoms with Crippen LogP contribution in [0.25, 0.3) is 11.4 Å². The Morgan fingerprint density at radius 1 is 1.21 bits per heavy atom. The van der Waals surface area contributed by atoms with Crippen LogP contribution in [0.3, 0.4) is 0 Å².